The minimum absolute atomic E-state index is 0.411. The molecule has 2 rings (SSSR count). The van der Waals surface area contributed by atoms with E-state index in [0.29, 0.717) is 36.9 Å². The molecule has 0 heterocycles. The van der Waals surface area contributed by atoms with Gasteiger partial charge >= 0.3 is 0 Å². The van der Waals surface area contributed by atoms with E-state index in [1.54, 1.807) is 0 Å². The van der Waals surface area contributed by atoms with Gasteiger partial charge in [-0.25, -0.2) is 0 Å². The minimum Gasteiger partial charge on any atom is -0.337 e. The summed E-state index contributed by atoms with van der Waals surface area (Å²) in [6.45, 7) is 2.85. The van der Waals surface area contributed by atoms with Gasteiger partial charge in [0.15, 0.2) is 0 Å². The first kappa shape index (κ1) is 16.8. The van der Waals surface area contributed by atoms with Crippen molar-refractivity contribution >= 4 is 5.91 Å². The van der Waals surface area contributed by atoms with Gasteiger partial charge in [-0.15, -0.1) is 0 Å². The average Bonchev–Trinajstić information content (AvgIpc) is 2.55. The third kappa shape index (κ3) is 4.98. The van der Waals surface area contributed by atoms with E-state index >= 15 is 0 Å². The maximum atomic E-state index is 12.8. The molecule has 2 aliphatic rings. The summed E-state index contributed by atoms with van der Waals surface area (Å²) in [4.78, 5) is 15.2. The molecule has 1 amide bonds. The predicted octanol–water partition coefficient (Wildman–Crippen LogP) is 3.86. The number of hydrogen-bond donors (Lipinski definition) is 1. The second-order valence-electron chi connectivity index (χ2n) is 7.26. The van der Waals surface area contributed by atoms with Gasteiger partial charge in [-0.05, 0) is 44.6 Å². The molecule has 2 N–H and O–H groups in total. The molecule has 0 aromatic carbocycles. The Hall–Kier alpha value is -0.570. The average molecular weight is 294 g/mol. The van der Waals surface area contributed by atoms with Gasteiger partial charge < -0.3 is 10.6 Å². The van der Waals surface area contributed by atoms with Crippen molar-refractivity contribution in [1.82, 2.24) is 4.90 Å². The van der Waals surface area contributed by atoms with Gasteiger partial charge in [-0.1, -0.05) is 45.4 Å². The van der Waals surface area contributed by atoms with E-state index in [9.17, 15) is 4.79 Å². The number of amides is 1. The van der Waals surface area contributed by atoms with Gasteiger partial charge in [0.25, 0.3) is 0 Å². The molecule has 0 aromatic rings. The van der Waals surface area contributed by atoms with Crippen LogP contribution >= 0.6 is 0 Å². The molecule has 0 aliphatic heterocycles. The van der Waals surface area contributed by atoms with Crippen molar-refractivity contribution in [2.24, 2.45) is 11.7 Å². The Labute approximate surface area is 130 Å². The summed E-state index contributed by atoms with van der Waals surface area (Å²) < 4.78 is 0. The van der Waals surface area contributed by atoms with Crippen molar-refractivity contribution in [3.63, 3.8) is 0 Å². The van der Waals surface area contributed by atoms with Gasteiger partial charge in [0, 0.05) is 18.5 Å². The lowest BCUT2D eigenvalue weighted by Crippen LogP contribution is -2.48. The topological polar surface area (TPSA) is 46.3 Å². The molecule has 0 spiro atoms. The first-order valence-corrected chi connectivity index (χ1v) is 9.23. The maximum absolute atomic E-state index is 12.8. The standard InChI is InChI=1S/C18H34N2O/c1-15(14-19)12-13-18(21)20(16-8-4-2-5-9-16)17-10-6-3-7-11-17/h15-17H,2-14,19H2,1H3. The molecule has 1 atom stereocenters. The molecule has 0 aromatic heterocycles. The monoisotopic (exact) mass is 294 g/mol. The molecule has 0 saturated heterocycles. The van der Waals surface area contributed by atoms with E-state index in [0.717, 1.165) is 6.42 Å². The van der Waals surface area contributed by atoms with Crippen LogP contribution in [0.15, 0.2) is 0 Å². The number of nitrogens with zero attached hydrogens (tertiary/aromatic N) is 1. The molecule has 2 saturated carbocycles. The van der Waals surface area contributed by atoms with Crippen LogP contribution in [0.4, 0.5) is 0 Å². The number of carbonyl (C=O) groups excluding carboxylic acids is 1. The molecule has 21 heavy (non-hydrogen) atoms. The van der Waals surface area contributed by atoms with Crippen LogP contribution in [0.2, 0.25) is 0 Å². The molecule has 122 valence electrons. The first-order chi connectivity index (χ1) is 10.2. The van der Waals surface area contributed by atoms with Crippen LogP contribution in [0, 0.1) is 5.92 Å². The largest absolute Gasteiger partial charge is 0.337 e. The molecule has 0 bridgehead atoms. The second kappa shape index (κ2) is 8.77. The zero-order valence-corrected chi connectivity index (χ0v) is 13.9. The minimum atomic E-state index is 0.411. The Kier molecular flexibility index (Phi) is 7.01. The summed E-state index contributed by atoms with van der Waals surface area (Å²) in [5.41, 5.74) is 5.70. The van der Waals surface area contributed by atoms with Crippen LogP contribution in [0.3, 0.4) is 0 Å². The third-order valence-corrected chi connectivity index (χ3v) is 5.48. The smallest absolute Gasteiger partial charge is 0.223 e. The van der Waals surface area contributed by atoms with Crippen LogP contribution in [-0.2, 0) is 4.79 Å². The lowest BCUT2D eigenvalue weighted by atomic mass is 9.88. The summed E-state index contributed by atoms with van der Waals surface area (Å²) in [6, 6.07) is 1.06. The van der Waals surface area contributed by atoms with Gasteiger partial charge in [0.1, 0.15) is 0 Å². The Bertz CT molecular complexity index is 288. The fourth-order valence-corrected chi connectivity index (χ4v) is 4.04. The highest BCUT2D eigenvalue weighted by atomic mass is 16.2. The second-order valence-corrected chi connectivity index (χ2v) is 7.26. The molecular weight excluding hydrogens is 260 g/mol. The van der Waals surface area contributed by atoms with Crippen LogP contribution in [0.25, 0.3) is 0 Å². The van der Waals surface area contributed by atoms with Crippen molar-refractivity contribution in [1.29, 1.82) is 0 Å². The van der Waals surface area contributed by atoms with Crippen LogP contribution in [-0.4, -0.2) is 29.4 Å². The Morgan fingerprint density at radius 1 is 1.00 bits per heavy atom. The van der Waals surface area contributed by atoms with Crippen LogP contribution in [0.5, 0.6) is 0 Å². The van der Waals surface area contributed by atoms with E-state index in [1.807, 2.05) is 0 Å². The van der Waals surface area contributed by atoms with E-state index in [1.165, 1.54) is 64.2 Å². The first-order valence-electron chi connectivity index (χ1n) is 9.23. The summed E-state index contributed by atoms with van der Waals surface area (Å²) in [5.74, 6) is 0.877. The Balaban J connectivity index is 1.97. The molecular formula is C18H34N2O. The van der Waals surface area contributed by atoms with Crippen molar-refractivity contribution in [2.45, 2.75) is 96.1 Å². The van der Waals surface area contributed by atoms with Crippen molar-refractivity contribution in [3.8, 4) is 0 Å². The van der Waals surface area contributed by atoms with E-state index < -0.39 is 0 Å². The third-order valence-electron chi connectivity index (χ3n) is 5.48. The summed E-state index contributed by atoms with van der Waals surface area (Å²) in [7, 11) is 0. The number of carbonyl (C=O) groups is 1. The van der Waals surface area contributed by atoms with Crippen molar-refractivity contribution < 1.29 is 4.79 Å². The van der Waals surface area contributed by atoms with Crippen molar-refractivity contribution in [2.75, 3.05) is 6.54 Å². The lowest BCUT2D eigenvalue weighted by molar-refractivity contribution is -0.138. The SMILES string of the molecule is CC(CN)CCC(=O)N(C1CCCCC1)C1CCCCC1. The Morgan fingerprint density at radius 2 is 1.48 bits per heavy atom. The van der Waals surface area contributed by atoms with Gasteiger partial charge in [-0.2, -0.15) is 0 Å². The van der Waals surface area contributed by atoms with E-state index in [2.05, 4.69) is 11.8 Å². The number of rotatable bonds is 6. The summed E-state index contributed by atoms with van der Waals surface area (Å²) in [5, 5.41) is 0. The highest BCUT2D eigenvalue weighted by Crippen LogP contribution is 2.31. The van der Waals surface area contributed by atoms with Gasteiger partial charge in [0.2, 0.25) is 5.91 Å². The highest BCUT2D eigenvalue weighted by Gasteiger charge is 2.32. The summed E-state index contributed by atoms with van der Waals surface area (Å²) >= 11 is 0. The quantitative estimate of drug-likeness (QED) is 0.808. The number of hydrogen-bond acceptors (Lipinski definition) is 2. The Morgan fingerprint density at radius 3 is 1.90 bits per heavy atom. The van der Waals surface area contributed by atoms with Gasteiger partial charge in [-0.3, -0.25) is 4.79 Å². The molecule has 2 aliphatic carbocycles. The molecule has 0 radical (unpaired) electrons. The molecule has 3 nitrogen and oxygen atoms in total. The van der Waals surface area contributed by atoms with Gasteiger partial charge in [0.05, 0.1) is 0 Å². The summed E-state index contributed by atoms with van der Waals surface area (Å²) in [6.07, 6.45) is 14.5. The predicted molar refractivity (Wildman–Crippen MR) is 88.0 cm³/mol. The van der Waals surface area contributed by atoms with E-state index in [-0.39, 0.29) is 0 Å². The normalized spacial score (nSPS) is 23.0. The lowest BCUT2D eigenvalue weighted by Gasteiger charge is -2.42. The fourth-order valence-electron chi connectivity index (χ4n) is 4.04. The number of nitrogens with two attached hydrogens (primary N) is 1. The van der Waals surface area contributed by atoms with Crippen LogP contribution < -0.4 is 5.73 Å². The fraction of sp³-hybridized carbons (Fsp3) is 0.944. The molecule has 3 heteroatoms. The zero-order chi connectivity index (χ0) is 15.1. The highest BCUT2D eigenvalue weighted by molar-refractivity contribution is 5.77. The zero-order valence-electron chi connectivity index (χ0n) is 13.9. The van der Waals surface area contributed by atoms with Crippen LogP contribution in [0.1, 0.15) is 84.0 Å². The molecule has 1 unspecified atom stereocenters. The van der Waals surface area contributed by atoms with Crippen molar-refractivity contribution in [3.05, 3.63) is 0 Å². The van der Waals surface area contributed by atoms with E-state index in [4.69, 9.17) is 5.73 Å². The maximum Gasteiger partial charge on any atom is 0.223 e. The molecule has 2 fully saturated rings.